The van der Waals surface area contributed by atoms with Gasteiger partial charge in [0.15, 0.2) is 6.29 Å². The number of alkyl halides is 2. The summed E-state index contributed by atoms with van der Waals surface area (Å²) in [6.45, 7) is 0. The van der Waals surface area contributed by atoms with E-state index in [9.17, 15) is 18.0 Å². The number of aldehydes is 1. The van der Waals surface area contributed by atoms with Gasteiger partial charge in [0.1, 0.15) is 5.69 Å². The molecule has 70 valence electrons. The van der Waals surface area contributed by atoms with E-state index in [1.807, 2.05) is 0 Å². The number of nitrogens with zero attached hydrogens (tertiary/aromatic N) is 1. The summed E-state index contributed by atoms with van der Waals surface area (Å²) in [4.78, 5) is 13.1. The summed E-state index contributed by atoms with van der Waals surface area (Å²) in [5.74, 6) is -1.21. The second kappa shape index (κ2) is 3.74. The molecule has 0 unspecified atom stereocenters. The topological polar surface area (TPSA) is 30.0 Å². The van der Waals surface area contributed by atoms with Crippen molar-refractivity contribution in [1.82, 2.24) is 4.98 Å². The lowest BCUT2D eigenvalue weighted by Gasteiger charge is -2.02. The SMILES string of the molecule is O=Cc1cc(Cl)c(F)nc1C(F)F. The highest BCUT2D eigenvalue weighted by molar-refractivity contribution is 6.30. The zero-order valence-electron chi connectivity index (χ0n) is 6.10. The van der Waals surface area contributed by atoms with E-state index in [0.29, 0.717) is 0 Å². The van der Waals surface area contributed by atoms with Gasteiger partial charge in [-0.25, -0.2) is 13.8 Å². The maximum Gasteiger partial charge on any atom is 0.281 e. The van der Waals surface area contributed by atoms with Crippen LogP contribution in [0.3, 0.4) is 0 Å². The predicted octanol–water partition coefficient (Wildman–Crippen LogP) is 2.62. The number of aromatic nitrogens is 1. The molecule has 13 heavy (non-hydrogen) atoms. The van der Waals surface area contributed by atoms with Gasteiger partial charge in [-0.05, 0) is 6.07 Å². The third kappa shape index (κ3) is 1.98. The fourth-order valence-electron chi connectivity index (χ4n) is 0.763. The third-order valence-electron chi connectivity index (χ3n) is 1.33. The maximum absolute atomic E-state index is 12.6. The zero-order chi connectivity index (χ0) is 10.0. The quantitative estimate of drug-likeness (QED) is 0.554. The predicted molar refractivity (Wildman–Crippen MR) is 39.5 cm³/mol. The van der Waals surface area contributed by atoms with Crippen molar-refractivity contribution in [3.63, 3.8) is 0 Å². The van der Waals surface area contributed by atoms with E-state index in [2.05, 4.69) is 4.98 Å². The minimum absolute atomic E-state index is 0.153. The molecule has 0 spiro atoms. The van der Waals surface area contributed by atoms with E-state index in [1.165, 1.54) is 0 Å². The van der Waals surface area contributed by atoms with Gasteiger partial charge >= 0.3 is 0 Å². The van der Waals surface area contributed by atoms with Crippen molar-refractivity contribution in [3.8, 4) is 0 Å². The molecule has 1 heterocycles. The summed E-state index contributed by atoms with van der Waals surface area (Å²) in [5.41, 5.74) is -1.29. The fourth-order valence-corrected chi connectivity index (χ4v) is 0.923. The van der Waals surface area contributed by atoms with Crippen molar-refractivity contribution in [2.24, 2.45) is 0 Å². The van der Waals surface area contributed by atoms with Crippen LogP contribution in [-0.2, 0) is 0 Å². The van der Waals surface area contributed by atoms with E-state index < -0.39 is 28.7 Å². The Hall–Kier alpha value is -1.10. The molecule has 0 atom stereocenters. The number of carbonyl (C=O) groups excluding carboxylic acids is 1. The van der Waals surface area contributed by atoms with Crippen molar-refractivity contribution in [2.75, 3.05) is 0 Å². The number of hydrogen-bond acceptors (Lipinski definition) is 2. The van der Waals surface area contributed by atoms with Crippen LogP contribution in [-0.4, -0.2) is 11.3 Å². The highest BCUT2D eigenvalue weighted by Gasteiger charge is 2.17. The van der Waals surface area contributed by atoms with Gasteiger partial charge in [-0.3, -0.25) is 4.79 Å². The highest BCUT2D eigenvalue weighted by atomic mass is 35.5. The average molecular weight is 210 g/mol. The highest BCUT2D eigenvalue weighted by Crippen LogP contribution is 2.23. The first kappa shape index (κ1) is 9.98. The van der Waals surface area contributed by atoms with Crippen LogP contribution in [0.5, 0.6) is 0 Å². The second-order valence-corrected chi connectivity index (χ2v) is 2.56. The Labute approximate surface area is 76.3 Å². The lowest BCUT2D eigenvalue weighted by molar-refractivity contribution is 0.110. The molecule has 1 aromatic heterocycles. The van der Waals surface area contributed by atoms with Crippen molar-refractivity contribution < 1.29 is 18.0 Å². The Kier molecular flexibility index (Phi) is 2.87. The van der Waals surface area contributed by atoms with Crippen LogP contribution in [0, 0.1) is 5.95 Å². The van der Waals surface area contributed by atoms with Crippen LogP contribution >= 0.6 is 11.6 Å². The average Bonchev–Trinajstić information content (AvgIpc) is 2.08. The lowest BCUT2D eigenvalue weighted by atomic mass is 10.2. The summed E-state index contributed by atoms with van der Waals surface area (Å²) in [6.07, 6.45) is -2.84. The van der Waals surface area contributed by atoms with Gasteiger partial charge in [-0.2, -0.15) is 4.39 Å². The molecule has 0 aliphatic carbocycles. The van der Waals surface area contributed by atoms with Crippen molar-refractivity contribution >= 4 is 17.9 Å². The van der Waals surface area contributed by atoms with Gasteiger partial charge in [0, 0.05) is 5.56 Å². The van der Waals surface area contributed by atoms with Crippen molar-refractivity contribution in [1.29, 1.82) is 0 Å². The molecule has 0 aromatic carbocycles. The summed E-state index contributed by atoms with van der Waals surface area (Å²) in [5, 5.41) is -0.452. The smallest absolute Gasteiger partial charge is 0.281 e. The van der Waals surface area contributed by atoms with E-state index >= 15 is 0 Å². The molecule has 1 rings (SSSR count). The largest absolute Gasteiger partial charge is 0.298 e. The minimum atomic E-state index is -2.99. The first-order chi connectivity index (χ1) is 6.06. The first-order valence-electron chi connectivity index (χ1n) is 3.15. The maximum atomic E-state index is 12.6. The van der Waals surface area contributed by atoms with E-state index in [1.54, 1.807) is 0 Å². The minimum Gasteiger partial charge on any atom is -0.298 e. The van der Waals surface area contributed by atoms with Crippen LogP contribution < -0.4 is 0 Å². The van der Waals surface area contributed by atoms with Gasteiger partial charge < -0.3 is 0 Å². The zero-order valence-corrected chi connectivity index (χ0v) is 6.86. The van der Waals surface area contributed by atoms with Crippen molar-refractivity contribution in [3.05, 3.63) is 28.3 Å². The summed E-state index contributed by atoms with van der Waals surface area (Å²) < 4.78 is 36.8. The Morgan fingerprint density at radius 2 is 2.15 bits per heavy atom. The molecule has 0 aliphatic heterocycles. The Balaban J connectivity index is 3.32. The van der Waals surface area contributed by atoms with Gasteiger partial charge in [-0.15, -0.1) is 0 Å². The number of hydrogen-bond donors (Lipinski definition) is 0. The standard InChI is InChI=1S/C7H3ClF3NO/c8-4-1-3(2-13)5(6(9)10)12-7(4)11/h1-2,6H. The molecular weight excluding hydrogens is 207 g/mol. The Morgan fingerprint density at radius 3 is 2.62 bits per heavy atom. The van der Waals surface area contributed by atoms with E-state index in [4.69, 9.17) is 11.6 Å². The molecule has 0 N–H and O–H groups in total. The third-order valence-corrected chi connectivity index (χ3v) is 1.59. The fraction of sp³-hybridized carbons (Fsp3) is 0.143. The number of halogens is 4. The Morgan fingerprint density at radius 1 is 1.54 bits per heavy atom. The molecule has 6 heteroatoms. The molecule has 0 saturated carbocycles. The summed E-state index contributed by atoms with van der Waals surface area (Å²) in [6, 6.07) is 0.818. The number of carbonyl (C=O) groups is 1. The molecule has 0 saturated heterocycles. The van der Waals surface area contributed by atoms with Crippen LogP contribution in [0.4, 0.5) is 13.2 Å². The van der Waals surface area contributed by atoms with Gasteiger partial charge in [0.25, 0.3) is 6.43 Å². The molecule has 0 radical (unpaired) electrons. The van der Waals surface area contributed by atoms with Crippen LogP contribution in [0.25, 0.3) is 0 Å². The van der Waals surface area contributed by atoms with Crippen LogP contribution in [0.1, 0.15) is 22.5 Å². The normalized spacial score (nSPS) is 10.5. The molecule has 0 aliphatic rings. The molecule has 0 amide bonds. The molecule has 2 nitrogen and oxygen atoms in total. The monoisotopic (exact) mass is 209 g/mol. The van der Waals surface area contributed by atoms with Gasteiger partial charge in [-0.1, -0.05) is 11.6 Å². The second-order valence-electron chi connectivity index (χ2n) is 2.15. The van der Waals surface area contributed by atoms with Gasteiger partial charge in [0.2, 0.25) is 5.95 Å². The Bertz CT molecular complexity index is 343. The molecular formula is C7H3ClF3NO. The van der Waals surface area contributed by atoms with Gasteiger partial charge in [0.05, 0.1) is 5.02 Å². The van der Waals surface area contributed by atoms with Crippen LogP contribution in [0.2, 0.25) is 5.02 Å². The first-order valence-corrected chi connectivity index (χ1v) is 3.53. The summed E-state index contributed by atoms with van der Waals surface area (Å²) in [7, 11) is 0. The molecule has 0 fully saturated rings. The van der Waals surface area contributed by atoms with Crippen LogP contribution in [0.15, 0.2) is 6.07 Å². The van der Waals surface area contributed by atoms with Crippen molar-refractivity contribution in [2.45, 2.75) is 6.43 Å². The van der Waals surface area contributed by atoms with E-state index in [0.717, 1.165) is 6.07 Å². The molecule has 1 aromatic rings. The van der Waals surface area contributed by atoms with E-state index in [-0.39, 0.29) is 6.29 Å². The summed E-state index contributed by atoms with van der Waals surface area (Å²) >= 11 is 5.23. The molecule has 0 bridgehead atoms. The number of rotatable bonds is 2. The number of pyridine rings is 1. The lowest BCUT2D eigenvalue weighted by Crippen LogP contribution is -2.00.